The Labute approximate surface area is 169 Å². The number of amides is 1. The molecule has 1 atom stereocenters. The van der Waals surface area contributed by atoms with Gasteiger partial charge in [-0.15, -0.1) is 0 Å². The molecular weight excluding hydrogens is 340 g/mol. The number of unbranched alkanes of at least 4 members (excludes halogenated alkanes) is 1. The molecule has 0 rings (SSSR count). The first-order valence-corrected chi connectivity index (χ1v) is 10.4. The lowest BCUT2D eigenvalue weighted by Gasteiger charge is -2.37. The van der Waals surface area contributed by atoms with Gasteiger partial charge in [0, 0.05) is 25.7 Å². The van der Waals surface area contributed by atoms with E-state index in [-0.39, 0.29) is 5.54 Å². The summed E-state index contributed by atoms with van der Waals surface area (Å²) in [6, 6.07) is 0.436. The fourth-order valence-corrected chi connectivity index (χ4v) is 2.25. The summed E-state index contributed by atoms with van der Waals surface area (Å²) in [4.78, 5) is 14.7. The van der Waals surface area contributed by atoms with Crippen molar-refractivity contribution in [2.24, 2.45) is 5.92 Å². The Bertz CT molecular complexity index is 373. The third-order valence-electron chi connectivity index (χ3n) is 5.22. The molecule has 0 N–H and O–H groups in total. The minimum atomic E-state index is -0.630. The lowest BCUT2D eigenvalue weighted by Crippen LogP contribution is -2.47. The van der Waals surface area contributed by atoms with Crippen molar-refractivity contribution in [3.63, 3.8) is 0 Å². The molecule has 1 amide bonds. The molecule has 0 saturated heterocycles. The normalized spacial score (nSPS) is 14.1. The van der Waals surface area contributed by atoms with Crippen molar-refractivity contribution in [2.45, 2.75) is 98.4 Å². The van der Waals surface area contributed by atoms with Crippen molar-refractivity contribution in [3.05, 3.63) is 0 Å². The van der Waals surface area contributed by atoms with E-state index in [2.05, 4.69) is 46.6 Å². The molecule has 0 aliphatic heterocycles. The summed E-state index contributed by atoms with van der Waals surface area (Å²) in [5.74, 6) is 0.273. The van der Waals surface area contributed by atoms with E-state index in [1.807, 2.05) is 20.8 Å². The maximum absolute atomic E-state index is 10.8. The van der Waals surface area contributed by atoms with Gasteiger partial charge in [0.2, 0.25) is 6.41 Å². The maximum atomic E-state index is 10.8. The van der Waals surface area contributed by atoms with Gasteiger partial charge in [-0.2, -0.15) is 0 Å². The Kier molecular flexibility index (Phi) is 15.2. The average Bonchev–Trinajstić information content (AvgIpc) is 2.59. The van der Waals surface area contributed by atoms with Crippen molar-refractivity contribution >= 4 is 6.41 Å². The SMILES string of the molecule is CCCCC(C)C.COC(C)(CN(C)C(C)C)OCCC(C)(C)N(C)C=O. The van der Waals surface area contributed by atoms with Gasteiger partial charge in [0.25, 0.3) is 0 Å². The van der Waals surface area contributed by atoms with Gasteiger partial charge >= 0.3 is 0 Å². The number of carbonyl (C=O) groups excluding carboxylic acids is 1. The van der Waals surface area contributed by atoms with Crippen LogP contribution in [-0.2, 0) is 14.3 Å². The highest BCUT2D eigenvalue weighted by atomic mass is 16.7. The zero-order valence-electron chi connectivity index (χ0n) is 20.1. The van der Waals surface area contributed by atoms with Crippen molar-refractivity contribution in [2.75, 3.05) is 34.4 Å². The Hall–Kier alpha value is -0.650. The fourth-order valence-electron chi connectivity index (χ4n) is 2.25. The second-order valence-corrected chi connectivity index (χ2v) is 9.01. The molecule has 0 saturated carbocycles. The van der Waals surface area contributed by atoms with Gasteiger partial charge in [-0.1, -0.05) is 40.0 Å². The summed E-state index contributed by atoms with van der Waals surface area (Å²) in [6.45, 7) is 18.3. The molecule has 27 heavy (non-hydrogen) atoms. The van der Waals surface area contributed by atoms with Crippen LogP contribution in [0.15, 0.2) is 0 Å². The number of methoxy groups -OCH3 is 1. The van der Waals surface area contributed by atoms with Crippen molar-refractivity contribution in [3.8, 4) is 0 Å². The van der Waals surface area contributed by atoms with E-state index < -0.39 is 5.79 Å². The summed E-state index contributed by atoms with van der Waals surface area (Å²) in [6.07, 6.45) is 5.75. The summed E-state index contributed by atoms with van der Waals surface area (Å²) in [5, 5.41) is 0. The standard InChI is InChI=1S/C15H32N2O3.C7H16/c1-13(2)16(6)11-15(5,19-8)20-10-9-14(3,4)17(7)12-18;1-4-5-6-7(2)3/h12-13H,9-11H2,1-8H3;7H,4-6H2,1-3H3. The molecule has 1 unspecified atom stereocenters. The van der Waals surface area contributed by atoms with Gasteiger partial charge in [0.05, 0.1) is 13.2 Å². The maximum Gasteiger partial charge on any atom is 0.209 e. The van der Waals surface area contributed by atoms with Crippen LogP contribution in [0.25, 0.3) is 0 Å². The average molecular weight is 389 g/mol. The second kappa shape index (κ2) is 14.4. The van der Waals surface area contributed by atoms with Crippen molar-refractivity contribution in [1.29, 1.82) is 0 Å². The van der Waals surface area contributed by atoms with Crippen LogP contribution >= 0.6 is 0 Å². The van der Waals surface area contributed by atoms with Crippen molar-refractivity contribution in [1.82, 2.24) is 9.80 Å². The minimum absolute atomic E-state index is 0.222. The zero-order chi connectivity index (χ0) is 21.7. The van der Waals surface area contributed by atoms with Gasteiger partial charge in [-0.3, -0.25) is 9.69 Å². The van der Waals surface area contributed by atoms with E-state index in [9.17, 15) is 4.79 Å². The number of carbonyl (C=O) groups is 1. The van der Waals surface area contributed by atoms with Crippen LogP contribution in [0, 0.1) is 5.92 Å². The monoisotopic (exact) mass is 388 g/mol. The molecule has 0 aliphatic rings. The van der Waals surface area contributed by atoms with E-state index in [0.29, 0.717) is 19.2 Å². The predicted molar refractivity (Wildman–Crippen MR) is 116 cm³/mol. The van der Waals surface area contributed by atoms with E-state index in [0.717, 1.165) is 18.7 Å². The molecule has 5 heteroatoms. The van der Waals surface area contributed by atoms with Crippen LogP contribution in [0.2, 0.25) is 0 Å². The predicted octanol–water partition coefficient (Wildman–Crippen LogP) is 4.80. The molecule has 0 aromatic heterocycles. The van der Waals surface area contributed by atoms with Crippen LogP contribution < -0.4 is 0 Å². The molecular formula is C22H48N2O3. The number of hydrogen-bond donors (Lipinski definition) is 0. The molecule has 0 aliphatic carbocycles. The molecule has 0 aromatic carbocycles. The van der Waals surface area contributed by atoms with Crippen LogP contribution in [0.1, 0.15) is 81.1 Å². The Morgan fingerprint density at radius 3 is 1.96 bits per heavy atom. The Morgan fingerprint density at radius 1 is 1.07 bits per heavy atom. The molecule has 0 radical (unpaired) electrons. The highest BCUT2D eigenvalue weighted by Crippen LogP contribution is 2.19. The number of rotatable bonds is 13. The summed E-state index contributed by atoms with van der Waals surface area (Å²) in [7, 11) is 5.50. The molecule has 0 spiro atoms. The van der Waals surface area contributed by atoms with E-state index in [1.54, 1.807) is 19.1 Å². The zero-order valence-corrected chi connectivity index (χ0v) is 20.1. The number of nitrogens with zero attached hydrogens (tertiary/aromatic N) is 2. The molecule has 164 valence electrons. The minimum Gasteiger partial charge on any atom is -0.352 e. The fraction of sp³-hybridized carbons (Fsp3) is 0.955. The summed E-state index contributed by atoms with van der Waals surface area (Å²) >= 11 is 0. The Balaban J connectivity index is 0. The highest BCUT2D eigenvalue weighted by Gasteiger charge is 2.29. The lowest BCUT2D eigenvalue weighted by molar-refractivity contribution is -0.222. The van der Waals surface area contributed by atoms with Crippen molar-refractivity contribution < 1.29 is 14.3 Å². The van der Waals surface area contributed by atoms with E-state index >= 15 is 0 Å². The molecule has 0 heterocycles. The van der Waals surface area contributed by atoms with Gasteiger partial charge in [0.15, 0.2) is 5.79 Å². The summed E-state index contributed by atoms with van der Waals surface area (Å²) in [5.41, 5.74) is -0.222. The second-order valence-electron chi connectivity index (χ2n) is 9.01. The van der Waals surface area contributed by atoms with Crippen LogP contribution in [-0.4, -0.2) is 67.9 Å². The first-order valence-electron chi connectivity index (χ1n) is 10.4. The molecule has 5 nitrogen and oxygen atoms in total. The van der Waals surface area contributed by atoms with E-state index in [1.165, 1.54) is 19.3 Å². The van der Waals surface area contributed by atoms with Gasteiger partial charge in [0.1, 0.15) is 0 Å². The van der Waals surface area contributed by atoms with Crippen LogP contribution in [0.3, 0.4) is 0 Å². The third kappa shape index (κ3) is 14.1. The summed E-state index contributed by atoms with van der Waals surface area (Å²) < 4.78 is 11.4. The van der Waals surface area contributed by atoms with Gasteiger partial charge < -0.3 is 14.4 Å². The smallest absolute Gasteiger partial charge is 0.209 e. The van der Waals surface area contributed by atoms with Gasteiger partial charge in [-0.25, -0.2) is 0 Å². The number of ether oxygens (including phenoxy) is 2. The number of hydrogen-bond acceptors (Lipinski definition) is 4. The topological polar surface area (TPSA) is 42.0 Å². The van der Waals surface area contributed by atoms with Gasteiger partial charge in [-0.05, 0) is 54.0 Å². The van der Waals surface area contributed by atoms with E-state index in [4.69, 9.17) is 9.47 Å². The van der Waals surface area contributed by atoms with Crippen LogP contribution in [0.5, 0.6) is 0 Å². The number of likely N-dealkylation sites (N-methyl/N-ethyl adjacent to an activating group) is 1. The van der Waals surface area contributed by atoms with Crippen LogP contribution in [0.4, 0.5) is 0 Å². The largest absolute Gasteiger partial charge is 0.352 e. The third-order valence-corrected chi connectivity index (χ3v) is 5.22. The molecule has 0 aromatic rings. The highest BCUT2D eigenvalue weighted by molar-refractivity contribution is 5.47. The molecule has 0 fully saturated rings. The molecule has 0 bridgehead atoms. The lowest BCUT2D eigenvalue weighted by atomic mass is 10.00. The first kappa shape index (κ1) is 28.6. The first-order chi connectivity index (χ1) is 12.3. The quantitative estimate of drug-likeness (QED) is 0.336. The Morgan fingerprint density at radius 2 is 1.63 bits per heavy atom.